The Morgan fingerprint density at radius 3 is 2.59 bits per heavy atom. The van der Waals surface area contributed by atoms with Gasteiger partial charge in [0.25, 0.3) is 0 Å². The standard InChI is InChI=1S/C12H9ClN2OS/c1-8-7-10(15-12(13)14-8)11(17)16-9-5-3-2-4-6-9/h2-7H,1H3. The van der Waals surface area contributed by atoms with Crippen molar-refractivity contribution in [3.8, 4) is 5.75 Å². The van der Waals surface area contributed by atoms with Gasteiger partial charge in [-0.2, -0.15) is 0 Å². The summed E-state index contributed by atoms with van der Waals surface area (Å²) >= 11 is 10.9. The zero-order chi connectivity index (χ0) is 12.3. The normalized spacial score (nSPS) is 10.0. The molecule has 0 unspecified atom stereocenters. The molecule has 2 aromatic rings. The van der Waals surface area contributed by atoms with Gasteiger partial charge in [0, 0.05) is 5.69 Å². The van der Waals surface area contributed by atoms with Crippen molar-refractivity contribution in [2.75, 3.05) is 0 Å². The summed E-state index contributed by atoms with van der Waals surface area (Å²) < 4.78 is 5.49. The van der Waals surface area contributed by atoms with Crippen molar-refractivity contribution in [3.05, 3.63) is 53.1 Å². The van der Waals surface area contributed by atoms with Gasteiger partial charge >= 0.3 is 0 Å². The molecule has 0 aliphatic rings. The molecule has 3 nitrogen and oxygen atoms in total. The molecule has 0 spiro atoms. The molecule has 5 heteroatoms. The van der Waals surface area contributed by atoms with Gasteiger partial charge in [0.2, 0.25) is 10.3 Å². The van der Waals surface area contributed by atoms with Crippen LogP contribution in [0.25, 0.3) is 0 Å². The summed E-state index contributed by atoms with van der Waals surface area (Å²) in [6, 6.07) is 11.0. The van der Waals surface area contributed by atoms with Gasteiger partial charge in [-0.15, -0.1) is 0 Å². The van der Waals surface area contributed by atoms with Crippen molar-refractivity contribution < 1.29 is 4.74 Å². The molecule has 0 radical (unpaired) electrons. The van der Waals surface area contributed by atoms with Crippen molar-refractivity contribution in [1.29, 1.82) is 0 Å². The third-order valence-electron chi connectivity index (χ3n) is 1.99. The van der Waals surface area contributed by atoms with E-state index in [1.54, 1.807) is 6.07 Å². The molecule has 0 aliphatic carbocycles. The Kier molecular flexibility index (Phi) is 3.66. The van der Waals surface area contributed by atoms with Crippen LogP contribution in [0.4, 0.5) is 0 Å². The van der Waals surface area contributed by atoms with Gasteiger partial charge in [-0.1, -0.05) is 18.2 Å². The van der Waals surface area contributed by atoms with Crippen LogP contribution >= 0.6 is 23.8 Å². The number of para-hydroxylation sites is 1. The van der Waals surface area contributed by atoms with Gasteiger partial charge < -0.3 is 4.74 Å². The molecule has 2 rings (SSSR count). The summed E-state index contributed by atoms with van der Waals surface area (Å²) in [6.45, 7) is 1.82. The minimum absolute atomic E-state index is 0.166. The summed E-state index contributed by atoms with van der Waals surface area (Å²) in [7, 11) is 0. The fourth-order valence-electron chi connectivity index (χ4n) is 1.28. The van der Waals surface area contributed by atoms with Crippen LogP contribution in [0.3, 0.4) is 0 Å². The van der Waals surface area contributed by atoms with Crippen LogP contribution in [-0.4, -0.2) is 15.0 Å². The number of hydrogen-bond acceptors (Lipinski definition) is 4. The number of aromatic nitrogens is 2. The molecule has 1 aromatic heterocycles. The van der Waals surface area contributed by atoms with Gasteiger partial charge in [0.15, 0.2) is 0 Å². The predicted octanol–water partition coefficient (Wildman–Crippen LogP) is 3.19. The first-order chi connectivity index (χ1) is 8.15. The fourth-order valence-corrected chi connectivity index (χ4v) is 1.71. The lowest BCUT2D eigenvalue weighted by molar-refractivity contribution is 0.564. The van der Waals surface area contributed by atoms with Gasteiger partial charge in [0.1, 0.15) is 11.4 Å². The second-order valence-corrected chi connectivity index (χ2v) is 4.08. The molecule has 1 heterocycles. The first-order valence-corrected chi connectivity index (χ1v) is 5.72. The van der Waals surface area contributed by atoms with Gasteiger partial charge in [0.05, 0.1) is 0 Å². The van der Waals surface area contributed by atoms with Crippen LogP contribution < -0.4 is 4.74 Å². The SMILES string of the molecule is Cc1cc(C(=S)Oc2ccccc2)nc(Cl)n1. The Labute approximate surface area is 109 Å². The number of ether oxygens (including phenoxy) is 1. The summed E-state index contributed by atoms with van der Waals surface area (Å²) in [5.41, 5.74) is 1.26. The molecule has 1 aromatic carbocycles. The van der Waals surface area contributed by atoms with Crippen LogP contribution in [0, 0.1) is 6.92 Å². The van der Waals surface area contributed by atoms with E-state index in [1.165, 1.54) is 0 Å². The number of benzene rings is 1. The van der Waals surface area contributed by atoms with Gasteiger partial charge in [-0.3, -0.25) is 0 Å². The van der Waals surface area contributed by atoms with E-state index in [9.17, 15) is 0 Å². The Morgan fingerprint density at radius 2 is 1.94 bits per heavy atom. The zero-order valence-electron chi connectivity index (χ0n) is 9.05. The molecule has 0 aliphatic heterocycles. The van der Waals surface area contributed by atoms with Gasteiger partial charge in [-0.25, -0.2) is 9.97 Å². The number of halogens is 1. The molecule has 0 saturated heterocycles. The lowest BCUT2D eigenvalue weighted by Gasteiger charge is -2.06. The summed E-state index contributed by atoms with van der Waals surface area (Å²) in [6.07, 6.45) is 0. The maximum atomic E-state index is 5.76. The Morgan fingerprint density at radius 1 is 1.24 bits per heavy atom. The fraction of sp³-hybridized carbons (Fsp3) is 0.0833. The first kappa shape index (κ1) is 12.0. The number of rotatable bonds is 2. The summed E-state index contributed by atoms with van der Waals surface area (Å²) in [5, 5.41) is 0.447. The van der Waals surface area contributed by atoms with E-state index in [4.69, 9.17) is 28.6 Å². The molecule has 0 bridgehead atoms. The molecule has 0 N–H and O–H groups in total. The molecule has 0 fully saturated rings. The van der Waals surface area contributed by atoms with Crippen LogP contribution in [0.1, 0.15) is 11.4 Å². The minimum Gasteiger partial charge on any atom is -0.444 e. The van der Waals surface area contributed by atoms with E-state index in [1.807, 2.05) is 37.3 Å². The maximum Gasteiger partial charge on any atom is 0.223 e. The van der Waals surface area contributed by atoms with E-state index >= 15 is 0 Å². The van der Waals surface area contributed by atoms with Gasteiger partial charge in [-0.05, 0) is 48.9 Å². The van der Waals surface area contributed by atoms with Crippen molar-refractivity contribution in [1.82, 2.24) is 9.97 Å². The molecule has 0 amide bonds. The summed E-state index contributed by atoms with van der Waals surface area (Å²) in [4.78, 5) is 7.98. The molecular formula is C12H9ClN2OS. The van der Waals surface area contributed by atoms with Crippen molar-refractivity contribution in [3.63, 3.8) is 0 Å². The van der Waals surface area contributed by atoms with Crippen LogP contribution in [0.2, 0.25) is 5.28 Å². The highest BCUT2D eigenvalue weighted by Crippen LogP contribution is 2.13. The predicted molar refractivity (Wildman–Crippen MR) is 70.5 cm³/mol. The lowest BCUT2D eigenvalue weighted by atomic mass is 10.3. The summed E-state index contributed by atoms with van der Waals surface area (Å²) in [5.74, 6) is 0.671. The Bertz CT molecular complexity index is 525. The molecule has 0 saturated carbocycles. The highest BCUT2D eigenvalue weighted by atomic mass is 35.5. The van der Waals surface area contributed by atoms with Crippen molar-refractivity contribution in [2.24, 2.45) is 0 Å². The maximum absolute atomic E-state index is 5.76. The number of nitrogens with zero attached hydrogens (tertiary/aromatic N) is 2. The highest BCUT2D eigenvalue weighted by Gasteiger charge is 2.08. The quantitative estimate of drug-likeness (QED) is 0.616. The largest absolute Gasteiger partial charge is 0.444 e. The third kappa shape index (κ3) is 3.22. The number of aryl methyl sites for hydroxylation is 1. The monoisotopic (exact) mass is 264 g/mol. The Hall–Kier alpha value is -1.52. The Balaban J connectivity index is 2.20. The number of hydrogen-bond donors (Lipinski definition) is 0. The molecule has 17 heavy (non-hydrogen) atoms. The van der Waals surface area contributed by atoms with Crippen LogP contribution in [0.15, 0.2) is 36.4 Å². The number of thiocarbonyl (C=S) groups is 1. The van der Waals surface area contributed by atoms with Crippen LogP contribution in [0.5, 0.6) is 5.75 Å². The highest BCUT2D eigenvalue weighted by molar-refractivity contribution is 7.80. The van der Waals surface area contributed by atoms with Crippen LogP contribution in [-0.2, 0) is 0 Å². The topological polar surface area (TPSA) is 35.0 Å². The zero-order valence-corrected chi connectivity index (χ0v) is 10.6. The molecular weight excluding hydrogens is 256 g/mol. The van der Waals surface area contributed by atoms with E-state index in [2.05, 4.69) is 9.97 Å². The van der Waals surface area contributed by atoms with Crippen molar-refractivity contribution in [2.45, 2.75) is 6.92 Å². The third-order valence-corrected chi connectivity index (χ3v) is 2.45. The van der Waals surface area contributed by atoms with E-state index in [0.717, 1.165) is 5.69 Å². The molecule has 86 valence electrons. The lowest BCUT2D eigenvalue weighted by Crippen LogP contribution is -2.10. The molecule has 0 atom stereocenters. The second-order valence-electron chi connectivity index (χ2n) is 3.37. The van der Waals surface area contributed by atoms with E-state index in [0.29, 0.717) is 11.4 Å². The van der Waals surface area contributed by atoms with E-state index in [-0.39, 0.29) is 10.3 Å². The van der Waals surface area contributed by atoms with E-state index < -0.39 is 0 Å². The minimum atomic E-state index is 0.166. The second kappa shape index (κ2) is 5.21. The first-order valence-electron chi connectivity index (χ1n) is 4.93. The average Bonchev–Trinajstić information content (AvgIpc) is 2.29. The smallest absolute Gasteiger partial charge is 0.223 e. The average molecular weight is 265 g/mol. The van der Waals surface area contributed by atoms with Crippen molar-refractivity contribution >= 4 is 28.9 Å².